The Morgan fingerprint density at radius 2 is 1.66 bits per heavy atom. The van der Waals surface area contributed by atoms with Crippen molar-refractivity contribution in [2.45, 2.75) is 25.5 Å². The van der Waals surface area contributed by atoms with Gasteiger partial charge in [0.05, 0.1) is 12.2 Å². The lowest BCUT2D eigenvalue weighted by Crippen LogP contribution is -2.25. The van der Waals surface area contributed by atoms with Gasteiger partial charge in [0.1, 0.15) is 12.4 Å². The van der Waals surface area contributed by atoms with E-state index in [0.29, 0.717) is 19.6 Å². The molecule has 0 fully saturated rings. The quantitative estimate of drug-likeness (QED) is 0.284. The summed E-state index contributed by atoms with van der Waals surface area (Å²) in [6, 6.07) is 32.0. The normalized spacial score (nSPS) is 11.8. The van der Waals surface area contributed by atoms with Crippen LogP contribution in [0.2, 0.25) is 0 Å². The fraction of sp³-hybridized carbons (Fsp3) is 0.133. The molecule has 1 unspecified atom stereocenters. The van der Waals surface area contributed by atoms with Gasteiger partial charge in [-0.25, -0.2) is 0 Å². The van der Waals surface area contributed by atoms with Crippen LogP contribution < -0.4 is 10.1 Å². The number of benzene rings is 3. The first kappa shape index (κ1) is 22.4. The third-order valence-corrected chi connectivity index (χ3v) is 6.11. The molecule has 0 aliphatic heterocycles. The van der Waals surface area contributed by atoms with Crippen LogP contribution in [0.1, 0.15) is 34.7 Å². The number of hydrogen-bond acceptors (Lipinski definition) is 3. The molecule has 5 heteroatoms. The monoisotopic (exact) mass is 461 g/mol. The number of amides is 1. The van der Waals surface area contributed by atoms with Gasteiger partial charge in [-0.3, -0.25) is 9.78 Å². The van der Waals surface area contributed by atoms with Crippen molar-refractivity contribution in [2.75, 3.05) is 0 Å². The largest absolute Gasteiger partial charge is 0.489 e. The first-order chi connectivity index (χ1) is 17.3. The topological polar surface area (TPSA) is 67.0 Å². The van der Waals surface area contributed by atoms with E-state index < -0.39 is 0 Å². The zero-order valence-electron chi connectivity index (χ0n) is 19.4. The Morgan fingerprint density at radius 1 is 0.886 bits per heavy atom. The SMILES string of the molecule is O=C(CC(c1ccc(OCc2ccccc2)cc1)c1c[nH]c2ccccc12)NCc1ccccn1. The molecule has 0 saturated carbocycles. The molecule has 2 aromatic heterocycles. The van der Waals surface area contributed by atoms with E-state index in [4.69, 9.17) is 4.74 Å². The van der Waals surface area contributed by atoms with Gasteiger partial charge < -0.3 is 15.0 Å². The highest BCUT2D eigenvalue weighted by Gasteiger charge is 2.21. The Kier molecular flexibility index (Phi) is 6.85. The molecular formula is C30H27N3O2. The van der Waals surface area contributed by atoms with Gasteiger partial charge in [-0.05, 0) is 47.0 Å². The van der Waals surface area contributed by atoms with Gasteiger partial charge in [-0.2, -0.15) is 0 Å². The number of para-hydroxylation sites is 1. The lowest BCUT2D eigenvalue weighted by molar-refractivity contribution is -0.121. The summed E-state index contributed by atoms with van der Waals surface area (Å²) >= 11 is 0. The molecular weight excluding hydrogens is 434 g/mol. The highest BCUT2D eigenvalue weighted by molar-refractivity contribution is 5.86. The van der Waals surface area contributed by atoms with Gasteiger partial charge in [-0.1, -0.05) is 66.7 Å². The third kappa shape index (κ3) is 5.58. The zero-order chi connectivity index (χ0) is 23.9. The third-order valence-electron chi connectivity index (χ3n) is 6.11. The van der Waals surface area contributed by atoms with Crippen LogP contribution in [0.5, 0.6) is 5.75 Å². The van der Waals surface area contributed by atoms with Gasteiger partial charge >= 0.3 is 0 Å². The molecule has 0 spiro atoms. The van der Waals surface area contributed by atoms with Gasteiger partial charge in [0.2, 0.25) is 5.91 Å². The van der Waals surface area contributed by atoms with Crippen molar-refractivity contribution in [3.05, 3.63) is 132 Å². The molecule has 5 rings (SSSR count). The highest BCUT2D eigenvalue weighted by Crippen LogP contribution is 2.34. The van der Waals surface area contributed by atoms with Crippen LogP contribution in [0.15, 0.2) is 109 Å². The fourth-order valence-corrected chi connectivity index (χ4v) is 4.28. The molecule has 2 N–H and O–H groups in total. The fourth-order valence-electron chi connectivity index (χ4n) is 4.28. The first-order valence-corrected chi connectivity index (χ1v) is 11.8. The van der Waals surface area contributed by atoms with E-state index in [-0.39, 0.29) is 11.8 Å². The molecule has 0 aliphatic rings. The number of carbonyl (C=O) groups is 1. The van der Waals surface area contributed by atoms with E-state index in [1.807, 2.05) is 79.0 Å². The van der Waals surface area contributed by atoms with Crippen LogP contribution in [-0.4, -0.2) is 15.9 Å². The molecule has 0 bridgehead atoms. The first-order valence-electron chi connectivity index (χ1n) is 11.8. The van der Waals surface area contributed by atoms with Crippen molar-refractivity contribution in [3.8, 4) is 5.75 Å². The van der Waals surface area contributed by atoms with E-state index in [1.54, 1.807) is 6.20 Å². The van der Waals surface area contributed by atoms with Crippen molar-refractivity contribution in [3.63, 3.8) is 0 Å². The number of H-pyrrole nitrogens is 1. The average molecular weight is 462 g/mol. The minimum absolute atomic E-state index is 0.0182. The lowest BCUT2D eigenvalue weighted by Gasteiger charge is -2.18. The number of rotatable bonds is 9. The number of hydrogen-bond donors (Lipinski definition) is 2. The van der Waals surface area contributed by atoms with Crippen molar-refractivity contribution in [1.29, 1.82) is 0 Å². The second kappa shape index (κ2) is 10.7. The number of aromatic nitrogens is 2. The molecule has 1 amide bonds. The van der Waals surface area contributed by atoms with E-state index in [2.05, 4.69) is 39.6 Å². The van der Waals surface area contributed by atoms with Crippen LogP contribution in [0.3, 0.4) is 0 Å². The Balaban J connectivity index is 1.35. The predicted molar refractivity (Wildman–Crippen MR) is 138 cm³/mol. The van der Waals surface area contributed by atoms with Crippen molar-refractivity contribution in [1.82, 2.24) is 15.3 Å². The molecule has 0 saturated heterocycles. The molecule has 3 aromatic carbocycles. The maximum atomic E-state index is 13.0. The summed E-state index contributed by atoms with van der Waals surface area (Å²) in [6.07, 6.45) is 4.08. The molecule has 0 aliphatic carbocycles. The minimum atomic E-state index is -0.0990. The van der Waals surface area contributed by atoms with Crippen LogP contribution in [0.25, 0.3) is 10.9 Å². The summed E-state index contributed by atoms with van der Waals surface area (Å²) in [7, 11) is 0. The van der Waals surface area contributed by atoms with E-state index in [1.165, 1.54) is 0 Å². The Hall–Kier alpha value is -4.38. The lowest BCUT2D eigenvalue weighted by atomic mass is 9.88. The number of pyridine rings is 1. The molecule has 5 nitrogen and oxygen atoms in total. The minimum Gasteiger partial charge on any atom is -0.489 e. The van der Waals surface area contributed by atoms with E-state index >= 15 is 0 Å². The van der Waals surface area contributed by atoms with Gasteiger partial charge in [0, 0.05) is 35.6 Å². The Morgan fingerprint density at radius 3 is 2.46 bits per heavy atom. The van der Waals surface area contributed by atoms with Crippen molar-refractivity contribution >= 4 is 16.8 Å². The van der Waals surface area contributed by atoms with E-state index in [9.17, 15) is 4.79 Å². The maximum absolute atomic E-state index is 13.0. The number of aromatic amines is 1. The molecule has 1 atom stereocenters. The number of fused-ring (bicyclic) bond motifs is 1. The summed E-state index contributed by atoms with van der Waals surface area (Å²) in [4.78, 5) is 20.6. The Bertz CT molecular complexity index is 1380. The van der Waals surface area contributed by atoms with Crippen molar-refractivity contribution < 1.29 is 9.53 Å². The van der Waals surface area contributed by atoms with Gasteiger partial charge in [0.15, 0.2) is 0 Å². The number of ether oxygens (including phenoxy) is 1. The number of carbonyl (C=O) groups excluding carboxylic acids is 1. The highest BCUT2D eigenvalue weighted by atomic mass is 16.5. The summed E-state index contributed by atoms with van der Waals surface area (Å²) < 4.78 is 5.96. The second-order valence-electron chi connectivity index (χ2n) is 8.49. The number of nitrogens with one attached hydrogen (secondary N) is 2. The van der Waals surface area contributed by atoms with Crippen molar-refractivity contribution in [2.24, 2.45) is 0 Å². The predicted octanol–water partition coefficient (Wildman–Crippen LogP) is 5.98. The summed E-state index contributed by atoms with van der Waals surface area (Å²) in [5.41, 5.74) is 5.19. The molecule has 35 heavy (non-hydrogen) atoms. The maximum Gasteiger partial charge on any atom is 0.221 e. The summed E-state index contributed by atoms with van der Waals surface area (Å²) in [6.45, 7) is 0.925. The summed E-state index contributed by atoms with van der Waals surface area (Å²) in [5, 5.41) is 4.15. The van der Waals surface area contributed by atoms with E-state index in [0.717, 1.165) is 39.0 Å². The van der Waals surface area contributed by atoms with Crippen LogP contribution >= 0.6 is 0 Å². The molecule has 5 aromatic rings. The van der Waals surface area contributed by atoms with Crippen LogP contribution in [0.4, 0.5) is 0 Å². The molecule has 2 heterocycles. The van der Waals surface area contributed by atoms with Gasteiger partial charge in [0.25, 0.3) is 0 Å². The average Bonchev–Trinajstić information content (AvgIpc) is 3.35. The van der Waals surface area contributed by atoms with Crippen LogP contribution in [-0.2, 0) is 17.9 Å². The molecule has 0 radical (unpaired) electrons. The zero-order valence-corrected chi connectivity index (χ0v) is 19.4. The second-order valence-corrected chi connectivity index (χ2v) is 8.49. The van der Waals surface area contributed by atoms with Gasteiger partial charge in [-0.15, -0.1) is 0 Å². The standard InChI is InChI=1S/C30H27N3O2/c34-30(33-19-24-10-6-7-17-31-24)18-27(28-20-32-29-12-5-4-11-26(28)29)23-13-15-25(16-14-23)35-21-22-8-2-1-3-9-22/h1-17,20,27,32H,18-19,21H2,(H,33,34). The smallest absolute Gasteiger partial charge is 0.221 e. The van der Waals surface area contributed by atoms with Crippen LogP contribution in [0, 0.1) is 0 Å². The number of nitrogens with zero attached hydrogens (tertiary/aromatic N) is 1. The molecule has 174 valence electrons. The Labute approximate surface area is 204 Å². The summed E-state index contributed by atoms with van der Waals surface area (Å²) in [5.74, 6) is 0.684.